The minimum atomic E-state index is -0.193. The summed E-state index contributed by atoms with van der Waals surface area (Å²) in [6.45, 7) is 7.62. The molecule has 1 aromatic carbocycles. The van der Waals surface area contributed by atoms with Gasteiger partial charge in [0.15, 0.2) is 0 Å². The highest BCUT2D eigenvalue weighted by atomic mass is 32.1. The molecule has 3 heterocycles. The van der Waals surface area contributed by atoms with Crippen LogP contribution in [-0.4, -0.2) is 22.6 Å². The SMILES string of the molecule is CCN1CCc2c(c3sc(C)cc3n2/C=C/c2cccc(F)c2)C1. The average Bonchev–Trinajstić information content (AvgIpc) is 3.08. The van der Waals surface area contributed by atoms with Crippen LogP contribution in [0.15, 0.2) is 30.3 Å². The third-order valence-electron chi connectivity index (χ3n) is 4.77. The Labute approximate surface area is 145 Å². The lowest BCUT2D eigenvalue weighted by Gasteiger charge is -2.26. The van der Waals surface area contributed by atoms with Gasteiger partial charge in [0.2, 0.25) is 0 Å². The molecular weight excluding hydrogens is 319 g/mol. The molecule has 1 aliphatic rings. The molecule has 0 saturated carbocycles. The van der Waals surface area contributed by atoms with Crippen molar-refractivity contribution in [1.29, 1.82) is 0 Å². The summed E-state index contributed by atoms with van der Waals surface area (Å²) in [5.74, 6) is -0.193. The van der Waals surface area contributed by atoms with Gasteiger partial charge in [0, 0.05) is 41.8 Å². The Bertz CT molecular complexity index is 919. The Morgan fingerprint density at radius 2 is 2.17 bits per heavy atom. The summed E-state index contributed by atoms with van der Waals surface area (Å²) in [5.41, 5.74) is 5.06. The summed E-state index contributed by atoms with van der Waals surface area (Å²) in [7, 11) is 0. The van der Waals surface area contributed by atoms with E-state index in [4.69, 9.17) is 0 Å². The van der Waals surface area contributed by atoms with Gasteiger partial charge in [-0.25, -0.2) is 4.39 Å². The van der Waals surface area contributed by atoms with Crippen molar-refractivity contribution in [2.45, 2.75) is 26.8 Å². The molecule has 0 radical (unpaired) electrons. The first-order chi connectivity index (χ1) is 11.7. The number of hydrogen-bond donors (Lipinski definition) is 0. The molecule has 0 amide bonds. The van der Waals surface area contributed by atoms with E-state index in [0.29, 0.717) is 0 Å². The lowest BCUT2D eigenvalue weighted by atomic mass is 10.1. The minimum absolute atomic E-state index is 0.193. The van der Waals surface area contributed by atoms with Crippen molar-refractivity contribution in [2.24, 2.45) is 0 Å². The van der Waals surface area contributed by atoms with Crippen LogP contribution in [0, 0.1) is 12.7 Å². The molecule has 0 aliphatic carbocycles. The topological polar surface area (TPSA) is 8.17 Å². The zero-order chi connectivity index (χ0) is 16.7. The van der Waals surface area contributed by atoms with Crippen LogP contribution < -0.4 is 0 Å². The number of benzene rings is 1. The molecule has 24 heavy (non-hydrogen) atoms. The third-order valence-corrected chi connectivity index (χ3v) is 5.87. The van der Waals surface area contributed by atoms with E-state index in [1.54, 1.807) is 12.1 Å². The lowest BCUT2D eigenvalue weighted by Crippen LogP contribution is -2.30. The Kier molecular flexibility index (Phi) is 4.02. The first kappa shape index (κ1) is 15.6. The van der Waals surface area contributed by atoms with Crippen molar-refractivity contribution in [3.05, 3.63) is 57.8 Å². The number of rotatable bonds is 3. The highest BCUT2D eigenvalue weighted by Crippen LogP contribution is 2.36. The Hall–Kier alpha value is -1.91. The highest BCUT2D eigenvalue weighted by molar-refractivity contribution is 7.19. The fraction of sp³-hybridized carbons (Fsp3) is 0.300. The predicted molar refractivity (Wildman–Crippen MR) is 101 cm³/mol. The molecule has 0 unspecified atom stereocenters. The second kappa shape index (κ2) is 6.19. The van der Waals surface area contributed by atoms with E-state index in [0.717, 1.165) is 31.6 Å². The van der Waals surface area contributed by atoms with Gasteiger partial charge in [-0.15, -0.1) is 11.3 Å². The van der Waals surface area contributed by atoms with E-state index in [2.05, 4.69) is 35.6 Å². The summed E-state index contributed by atoms with van der Waals surface area (Å²) in [6, 6.07) is 9.01. The Morgan fingerprint density at radius 1 is 1.29 bits per heavy atom. The predicted octanol–water partition coefficient (Wildman–Crippen LogP) is 5.16. The van der Waals surface area contributed by atoms with Gasteiger partial charge in [0.25, 0.3) is 0 Å². The molecule has 124 valence electrons. The molecule has 3 aromatic rings. The van der Waals surface area contributed by atoms with Gasteiger partial charge in [-0.05, 0) is 43.3 Å². The fourth-order valence-electron chi connectivity index (χ4n) is 3.53. The molecule has 2 aromatic heterocycles. The maximum absolute atomic E-state index is 13.4. The molecule has 0 spiro atoms. The van der Waals surface area contributed by atoms with Gasteiger partial charge in [-0.2, -0.15) is 0 Å². The van der Waals surface area contributed by atoms with Gasteiger partial charge >= 0.3 is 0 Å². The number of hydrogen-bond acceptors (Lipinski definition) is 2. The van der Waals surface area contributed by atoms with Gasteiger partial charge in [0.05, 0.1) is 10.2 Å². The molecule has 0 atom stereocenters. The van der Waals surface area contributed by atoms with Crippen LogP contribution in [0.5, 0.6) is 0 Å². The number of nitrogens with zero attached hydrogens (tertiary/aromatic N) is 2. The van der Waals surface area contributed by atoms with Crippen LogP contribution in [0.1, 0.15) is 28.6 Å². The van der Waals surface area contributed by atoms with Gasteiger partial charge in [-0.1, -0.05) is 19.1 Å². The normalized spacial score (nSPS) is 15.5. The summed E-state index contributed by atoms with van der Waals surface area (Å²) in [5, 5.41) is 0. The van der Waals surface area contributed by atoms with Gasteiger partial charge in [-0.3, -0.25) is 4.90 Å². The van der Waals surface area contributed by atoms with Gasteiger partial charge in [0.1, 0.15) is 5.82 Å². The van der Waals surface area contributed by atoms with Gasteiger partial charge < -0.3 is 4.57 Å². The number of fused-ring (bicyclic) bond motifs is 3. The van der Waals surface area contributed by atoms with Crippen LogP contribution in [-0.2, 0) is 13.0 Å². The summed E-state index contributed by atoms with van der Waals surface area (Å²) < 4.78 is 17.1. The molecule has 0 N–H and O–H groups in total. The maximum atomic E-state index is 13.4. The van der Waals surface area contributed by atoms with Crippen molar-refractivity contribution < 1.29 is 4.39 Å². The standard InChI is InChI=1S/C20H21FN2S/c1-3-22-9-8-18-17(13-22)20-19(11-14(2)24-20)23(18)10-7-15-5-4-6-16(21)12-15/h4-7,10-12H,3,8-9,13H2,1-2H3/b10-7+. The zero-order valence-corrected chi connectivity index (χ0v) is 14.9. The number of likely N-dealkylation sites (N-methyl/N-ethyl adjacent to an activating group) is 1. The van der Waals surface area contributed by atoms with Crippen LogP contribution >= 0.6 is 11.3 Å². The number of aromatic nitrogens is 1. The molecular formula is C20H21FN2S. The van der Waals surface area contributed by atoms with Crippen LogP contribution in [0.25, 0.3) is 22.5 Å². The number of aryl methyl sites for hydroxylation is 1. The Morgan fingerprint density at radius 3 is 2.96 bits per heavy atom. The maximum Gasteiger partial charge on any atom is 0.123 e. The smallest absolute Gasteiger partial charge is 0.123 e. The third kappa shape index (κ3) is 2.70. The highest BCUT2D eigenvalue weighted by Gasteiger charge is 2.23. The van der Waals surface area contributed by atoms with Crippen molar-refractivity contribution in [1.82, 2.24) is 9.47 Å². The lowest BCUT2D eigenvalue weighted by molar-refractivity contribution is 0.267. The molecule has 0 fully saturated rings. The average molecular weight is 340 g/mol. The first-order valence-electron chi connectivity index (χ1n) is 8.44. The Balaban J connectivity index is 1.80. The van der Waals surface area contributed by atoms with Crippen molar-refractivity contribution >= 4 is 33.8 Å². The molecule has 1 aliphatic heterocycles. The zero-order valence-electron chi connectivity index (χ0n) is 14.1. The van der Waals surface area contributed by atoms with E-state index in [-0.39, 0.29) is 5.82 Å². The fourth-order valence-corrected chi connectivity index (χ4v) is 4.59. The number of thiophene rings is 1. The molecule has 0 bridgehead atoms. The first-order valence-corrected chi connectivity index (χ1v) is 9.25. The second-order valence-corrected chi connectivity index (χ2v) is 7.61. The van der Waals surface area contributed by atoms with Crippen molar-refractivity contribution in [3.8, 4) is 0 Å². The van der Waals surface area contributed by atoms with Crippen molar-refractivity contribution in [3.63, 3.8) is 0 Å². The van der Waals surface area contributed by atoms with Crippen LogP contribution in [0.4, 0.5) is 4.39 Å². The molecule has 0 saturated heterocycles. The van der Waals surface area contributed by atoms with Crippen molar-refractivity contribution in [2.75, 3.05) is 13.1 Å². The number of halogens is 1. The minimum Gasteiger partial charge on any atom is -0.319 e. The molecule has 2 nitrogen and oxygen atoms in total. The second-order valence-electron chi connectivity index (χ2n) is 6.36. The van der Waals surface area contributed by atoms with Crippen LogP contribution in [0.2, 0.25) is 0 Å². The van der Waals surface area contributed by atoms with E-state index in [9.17, 15) is 4.39 Å². The van der Waals surface area contributed by atoms with E-state index in [1.807, 2.05) is 23.5 Å². The van der Waals surface area contributed by atoms with E-state index >= 15 is 0 Å². The monoisotopic (exact) mass is 340 g/mol. The summed E-state index contributed by atoms with van der Waals surface area (Å²) >= 11 is 1.88. The van der Waals surface area contributed by atoms with Crippen LogP contribution in [0.3, 0.4) is 0 Å². The quantitative estimate of drug-likeness (QED) is 0.639. The molecule has 4 heteroatoms. The summed E-state index contributed by atoms with van der Waals surface area (Å²) in [4.78, 5) is 3.83. The summed E-state index contributed by atoms with van der Waals surface area (Å²) in [6.07, 6.45) is 5.17. The van der Waals surface area contributed by atoms with E-state index in [1.165, 1.54) is 32.4 Å². The largest absolute Gasteiger partial charge is 0.319 e. The molecule has 4 rings (SSSR count). The van der Waals surface area contributed by atoms with E-state index < -0.39 is 0 Å².